The molecular weight excluding hydrogens is 297 g/mol. The summed E-state index contributed by atoms with van der Waals surface area (Å²) in [5, 5.41) is 3.32. The van der Waals surface area contributed by atoms with Crippen molar-refractivity contribution in [1.29, 1.82) is 0 Å². The van der Waals surface area contributed by atoms with Crippen LogP contribution in [0.15, 0.2) is 59.0 Å². The number of halogens is 1. The van der Waals surface area contributed by atoms with Gasteiger partial charge in [-0.05, 0) is 36.2 Å². The van der Waals surface area contributed by atoms with Crippen LogP contribution in [0.2, 0.25) is 0 Å². The first kappa shape index (κ1) is 15.0. The maximum Gasteiger partial charge on any atom is 0.295 e. The van der Waals surface area contributed by atoms with Crippen molar-refractivity contribution in [3.63, 3.8) is 0 Å². The Morgan fingerprint density at radius 2 is 1.78 bits per heavy atom. The van der Waals surface area contributed by atoms with Crippen LogP contribution in [-0.4, -0.2) is 18.2 Å². The molecule has 0 aliphatic carbocycles. The van der Waals surface area contributed by atoms with Crippen LogP contribution >= 0.6 is 0 Å². The van der Waals surface area contributed by atoms with Gasteiger partial charge in [-0.25, -0.2) is 4.39 Å². The number of furan rings is 1. The van der Waals surface area contributed by atoms with E-state index in [9.17, 15) is 14.0 Å². The number of para-hydroxylation sites is 1. The van der Waals surface area contributed by atoms with Gasteiger partial charge in [0.15, 0.2) is 5.76 Å². The van der Waals surface area contributed by atoms with Crippen molar-refractivity contribution in [3.05, 3.63) is 71.7 Å². The highest BCUT2D eigenvalue weighted by atomic mass is 19.1. The molecule has 4 nitrogen and oxygen atoms in total. The van der Waals surface area contributed by atoms with Gasteiger partial charge < -0.3 is 9.73 Å². The number of amides is 1. The zero-order chi connectivity index (χ0) is 16.2. The first-order valence-electron chi connectivity index (χ1n) is 7.19. The summed E-state index contributed by atoms with van der Waals surface area (Å²) in [7, 11) is 0. The van der Waals surface area contributed by atoms with E-state index in [1.54, 1.807) is 30.3 Å². The molecule has 116 valence electrons. The molecular formula is C18H14FNO3. The van der Waals surface area contributed by atoms with Gasteiger partial charge in [0.05, 0.1) is 0 Å². The third-order valence-corrected chi connectivity index (χ3v) is 3.47. The van der Waals surface area contributed by atoms with E-state index in [4.69, 9.17) is 4.42 Å². The number of nitrogens with one attached hydrogen (secondary N) is 1. The molecule has 23 heavy (non-hydrogen) atoms. The van der Waals surface area contributed by atoms with E-state index < -0.39 is 11.7 Å². The van der Waals surface area contributed by atoms with Crippen molar-refractivity contribution >= 4 is 22.7 Å². The van der Waals surface area contributed by atoms with E-state index in [1.165, 1.54) is 12.1 Å². The van der Waals surface area contributed by atoms with Gasteiger partial charge >= 0.3 is 0 Å². The Morgan fingerprint density at radius 1 is 1.04 bits per heavy atom. The number of rotatable bonds is 5. The van der Waals surface area contributed by atoms with Crippen LogP contribution in [0.1, 0.15) is 16.1 Å². The Morgan fingerprint density at radius 3 is 2.52 bits per heavy atom. The van der Waals surface area contributed by atoms with E-state index in [1.807, 2.05) is 12.1 Å². The fraction of sp³-hybridized carbons (Fsp3) is 0.111. The minimum Gasteiger partial charge on any atom is -0.452 e. The van der Waals surface area contributed by atoms with Crippen LogP contribution < -0.4 is 5.32 Å². The van der Waals surface area contributed by atoms with Gasteiger partial charge in [-0.2, -0.15) is 0 Å². The van der Waals surface area contributed by atoms with E-state index >= 15 is 0 Å². The minimum atomic E-state index is -0.717. The lowest BCUT2D eigenvalue weighted by atomic mass is 10.1. The highest BCUT2D eigenvalue weighted by Gasteiger charge is 2.20. The van der Waals surface area contributed by atoms with Crippen molar-refractivity contribution in [2.75, 3.05) is 6.54 Å². The molecule has 1 N–H and O–H groups in total. The maximum atomic E-state index is 12.8. The fourth-order valence-electron chi connectivity index (χ4n) is 2.26. The Kier molecular flexibility index (Phi) is 4.19. The van der Waals surface area contributed by atoms with Gasteiger partial charge in [-0.3, -0.25) is 9.59 Å². The molecule has 1 amide bonds. The van der Waals surface area contributed by atoms with Gasteiger partial charge in [0, 0.05) is 11.9 Å². The van der Waals surface area contributed by atoms with Crippen molar-refractivity contribution < 1.29 is 18.4 Å². The van der Waals surface area contributed by atoms with Crippen LogP contribution in [0.5, 0.6) is 0 Å². The monoisotopic (exact) mass is 311 g/mol. The molecule has 0 spiro atoms. The lowest BCUT2D eigenvalue weighted by molar-refractivity contribution is -0.117. The number of benzene rings is 2. The Hall–Kier alpha value is -2.95. The summed E-state index contributed by atoms with van der Waals surface area (Å²) in [6, 6.07) is 14.7. The van der Waals surface area contributed by atoms with Gasteiger partial charge in [0.25, 0.3) is 11.7 Å². The summed E-state index contributed by atoms with van der Waals surface area (Å²) in [6.45, 7) is 0.288. The highest BCUT2D eigenvalue weighted by Crippen LogP contribution is 2.19. The quantitative estimate of drug-likeness (QED) is 0.582. The fourth-order valence-corrected chi connectivity index (χ4v) is 2.26. The summed E-state index contributed by atoms with van der Waals surface area (Å²) < 4.78 is 18.2. The SMILES string of the molecule is O=C(NCCc1ccc(F)cc1)C(=O)c1cc2ccccc2o1. The molecule has 1 heterocycles. The molecule has 3 aromatic rings. The van der Waals surface area contributed by atoms with Crippen LogP contribution in [0.4, 0.5) is 4.39 Å². The van der Waals surface area contributed by atoms with Crippen LogP contribution in [0.25, 0.3) is 11.0 Å². The normalized spacial score (nSPS) is 10.7. The molecule has 1 aromatic heterocycles. The zero-order valence-electron chi connectivity index (χ0n) is 12.2. The van der Waals surface area contributed by atoms with Gasteiger partial charge in [-0.15, -0.1) is 0 Å². The van der Waals surface area contributed by atoms with E-state index in [0.717, 1.165) is 10.9 Å². The van der Waals surface area contributed by atoms with Gasteiger partial charge in [0.1, 0.15) is 11.4 Å². The Balaban J connectivity index is 1.59. The van der Waals surface area contributed by atoms with Crippen molar-refractivity contribution in [3.8, 4) is 0 Å². The highest BCUT2D eigenvalue weighted by molar-refractivity contribution is 6.42. The second kappa shape index (κ2) is 6.44. The lowest BCUT2D eigenvalue weighted by Gasteiger charge is -2.03. The zero-order valence-corrected chi connectivity index (χ0v) is 12.2. The topological polar surface area (TPSA) is 59.3 Å². The smallest absolute Gasteiger partial charge is 0.295 e. The number of fused-ring (bicyclic) bond motifs is 1. The molecule has 0 fully saturated rings. The third kappa shape index (κ3) is 3.45. The first-order valence-corrected chi connectivity index (χ1v) is 7.19. The number of hydrogen-bond acceptors (Lipinski definition) is 3. The van der Waals surface area contributed by atoms with Crippen LogP contribution in [0.3, 0.4) is 0 Å². The molecule has 0 saturated carbocycles. The second-order valence-corrected chi connectivity index (χ2v) is 5.11. The van der Waals surface area contributed by atoms with Crippen LogP contribution in [0, 0.1) is 5.82 Å². The molecule has 0 radical (unpaired) electrons. The molecule has 3 rings (SSSR count). The van der Waals surface area contributed by atoms with Crippen molar-refractivity contribution in [1.82, 2.24) is 5.32 Å². The number of carbonyl (C=O) groups is 2. The van der Waals surface area contributed by atoms with Gasteiger partial charge in [-0.1, -0.05) is 30.3 Å². The largest absolute Gasteiger partial charge is 0.452 e. The van der Waals surface area contributed by atoms with Crippen molar-refractivity contribution in [2.45, 2.75) is 6.42 Å². The summed E-state index contributed by atoms with van der Waals surface area (Å²) >= 11 is 0. The average Bonchev–Trinajstić information content (AvgIpc) is 3.00. The summed E-state index contributed by atoms with van der Waals surface area (Å²) in [5.41, 5.74) is 1.44. The number of carbonyl (C=O) groups excluding carboxylic acids is 2. The van der Waals surface area contributed by atoms with Crippen LogP contribution in [-0.2, 0) is 11.2 Å². The molecule has 0 bridgehead atoms. The second-order valence-electron chi connectivity index (χ2n) is 5.11. The molecule has 0 atom stereocenters. The minimum absolute atomic E-state index is 0.0190. The maximum absolute atomic E-state index is 12.8. The first-order chi connectivity index (χ1) is 11.1. The summed E-state index contributed by atoms with van der Waals surface area (Å²) in [5.74, 6) is -1.71. The van der Waals surface area contributed by atoms with Crippen molar-refractivity contribution in [2.24, 2.45) is 0 Å². The lowest BCUT2D eigenvalue weighted by Crippen LogP contribution is -2.32. The van der Waals surface area contributed by atoms with E-state index in [2.05, 4.69) is 5.32 Å². The Bertz CT molecular complexity index is 819. The molecule has 0 saturated heterocycles. The average molecular weight is 311 g/mol. The van der Waals surface area contributed by atoms with E-state index in [0.29, 0.717) is 12.0 Å². The molecule has 2 aromatic carbocycles. The standard InChI is InChI=1S/C18H14FNO3/c19-14-7-5-12(6-8-14)9-10-20-18(22)17(21)16-11-13-3-1-2-4-15(13)23-16/h1-8,11H,9-10H2,(H,20,22). The molecule has 5 heteroatoms. The molecule has 0 aliphatic heterocycles. The Labute approximate surface area is 131 Å². The number of Topliss-reactive ketones (excluding diaryl/α,β-unsaturated/α-hetero) is 1. The number of ketones is 1. The summed E-state index contributed by atoms with van der Waals surface area (Å²) in [6.07, 6.45) is 0.513. The molecule has 0 aliphatic rings. The summed E-state index contributed by atoms with van der Waals surface area (Å²) in [4.78, 5) is 23.9. The predicted octanol–water partition coefficient (Wildman–Crippen LogP) is 3.11. The van der Waals surface area contributed by atoms with Gasteiger partial charge in [0.2, 0.25) is 0 Å². The molecule has 0 unspecified atom stereocenters. The van der Waals surface area contributed by atoms with E-state index in [-0.39, 0.29) is 18.1 Å². The third-order valence-electron chi connectivity index (χ3n) is 3.47. The number of hydrogen-bond donors (Lipinski definition) is 1. The predicted molar refractivity (Wildman–Crippen MR) is 83.7 cm³/mol.